The third-order valence-electron chi connectivity index (χ3n) is 4.82. The molecule has 3 N–H and O–H groups in total. The first-order chi connectivity index (χ1) is 15.3. The second kappa shape index (κ2) is 8.08. The normalized spacial score (nSPS) is 14.7. The van der Waals surface area contributed by atoms with E-state index < -0.39 is 23.3 Å². The highest BCUT2D eigenvalue weighted by atomic mass is 32.1. The summed E-state index contributed by atoms with van der Waals surface area (Å²) in [4.78, 5) is 39.3. The average molecular weight is 448 g/mol. The van der Waals surface area contributed by atoms with Gasteiger partial charge in [-0.2, -0.15) is 10.1 Å². The maximum Gasteiger partial charge on any atom is 0.335 e. The Balaban J connectivity index is 1.84. The number of hydrazone groups is 1. The van der Waals surface area contributed by atoms with E-state index in [0.717, 1.165) is 4.57 Å². The average Bonchev–Trinajstić information content (AvgIpc) is 3.05. The van der Waals surface area contributed by atoms with Crippen molar-refractivity contribution in [1.29, 1.82) is 0 Å². The number of nitrogens with one attached hydrogen (secondary N) is 1. The molecule has 0 bridgehead atoms. The second-order valence-corrected chi connectivity index (χ2v) is 7.27. The van der Waals surface area contributed by atoms with Gasteiger partial charge in [0.1, 0.15) is 5.56 Å². The number of benzene rings is 2. The summed E-state index contributed by atoms with van der Waals surface area (Å²) < 4.78 is 0.988. The van der Waals surface area contributed by atoms with Crippen LogP contribution in [-0.4, -0.2) is 37.4 Å². The number of carboxylic acids is 1. The lowest BCUT2D eigenvalue weighted by Gasteiger charge is -2.13. The summed E-state index contributed by atoms with van der Waals surface area (Å²) in [7, 11) is 0. The van der Waals surface area contributed by atoms with Crippen molar-refractivity contribution < 1.29 is 19.8 Å². The van der Waals surface area contributed by atoms with Gasteiger partial charge in [-0.15, -0.1) is 0 Å². The zero-order valence-corrected chi connectivity index (χ0v) is 17.5. The van der Waals surface area contributed by atoms with E-state index in [1.807, 2.05) is 6.07 Å². The number of carbonyl (C=O) groups is 2. The maximum atomic E-state index is 12.9. The molecule has 0 saturated carbocycles. The number of aromatic nitrogens is 2. The Morgan fingerprint density at radius 2 is 1.78 bits per heavy atom. The molecule has 2 heterocycles. The lowest BCUT2D eigenvalue weighted by atomic mass is 10.1. The third kappa shape index (κ3) is 3.63. The smallest absolute Gasteiger partial charge is 0.335 e. The number of para-hydroxylation sites is 1. The molecule has 32 heavy (non-hydrogen) atoms. The van der Waals surface area contributed by atoms with Crippen LogP contribution in [0.25, 0.3) is 11.8 Å². The van der Waals surface area contributed by atoms with E-state index in [2.05, 4.69) is 10.1 Å². The van der Waals surface area contributed by atoms with Crippen molar-refractivity contribution in [1.82, 2.24) is 9.55 Å². The van der Waals surface area contributed by atoms with Crippen molar-refractivity contribution in [3.05, 3.63) is 86.4 Å². The molecular formula is C22H16N4O5S. The molecule has 10 heteroatoms. The van der Waals surface area contributed by atoms with Crippen LogP contribution >= 0.6 is 12.2 Å². The van der Waals surface area contributed by atoms with Gasteiger partial charge in [-0.1, -0.05) is 24.3 Å². The summed E-state index contributed by atoms with van der Waals surface area (Å²) in [5.74, 6) is -2.16. The minimum absolute atomic E-state index is 0.0256. The zero-order valence-electron chi connectivity index (χ0n) is 16.6. The Morgan fingerprint density at radius 3 is 2.47 bits per heavy atom. The lowest BCUT2D eigenvalue weighted by Crippen LogP contribution is -2.22. The fraction of sp³-hybridized carbons (Fsp3) is 0.0455. The fourth-order valence-corrected chi connectivity index (χ4v) is 3.54. The Kier molecular flexibility index (Phi) is 5.29. The van der Waals surface area contributed by atoms with E-state index in [4.69, 9.17) is 12.2 Å². The summed E-state index contributed by atoms with van der Waals surface area (Å²) in [5, 5.41) is 25.6. The quantitative estimate of drug-likeness (QED) is 0.416. The predicted molar refractivity (Wildman–Crippen MR) is 121 cm³/mol. The van der Waals surface area contributed by atoms with Gasteiger partial charge in [0.25, 0.3) is 11.5 Å². The van der Waals surface area contributed by atoms with Crippen LogP contribution in [0, 0.1) is 4.77 Å². The van der Waals surface area contributed by atoms with Gasteiger partial charge in [0, 0.05) is 0 Å². The summed E-state index contributed by atoms with van der Waals surface area (Å²) in [5.41, 5.74) is 0.327. The van der Waals surface area contributed by atoms with Crippen LogP contribution in [0.15, 0.2) is 70.1 Å². The summed E-state index contributed by atoms with van der Waals surface area (Å²) in [6.07, 6.45) is 1.24. The highest BCUT2D eigenvalue weighted by Crippen LogP contribution is 2.27. The third-order valence-corrected chi connectivity index (χ3v) is 5.11. The molecule has 0 unspecified atom stereocenters. The van der Waals surface area contributed by atoms with Crippen LogP contribution in [-0.2, 0) is 4.79 Å². The number of H-pyrrole nitrogens is 1. The number of carboxylic acid groups (broad SMARTS) is 1. The Bertz CT molecular complexity index is 1440. The van der Waals surface area contributed by atoms with E-state index >= 15 is 0 Å². The topological polar surface area (TPSA) is 128 Å². The van der Waals surface area contributed by atoms with Gasteiger partial charge in [0.05, 0.1) is 28.2 Å². The highest BCUT2D eigenvalue weighted by molar-refractivity contribution is 7.71. The Labute approximate surface area is 186 Å². The molecule has 1 aliphatic rings. The molecule has 0 radical (unpaired) electrons. The highest BCUT2D eigenvalue weighted by Gasteiger charge is 2.29. The fourth-order valence-electron chi connectivity index (χ4n) is 3.26. The van der Waals surface area contributed by atoms with E-state index in [1.165, 1.54) is 35.4 Å². The number of rotatable bonds is 4. The summed E-state index contributed by atoms with van der Waals surface area (Å²) in [6, 6.07) is 14.5. The van der Waals surface area contributed by atoms with E-state index in [-0.39, 0.29) is 27.2 Å². The molecule has 1 aliphatic heterocycles. The number of nitrogens with zero attached hydrogens (tertiary/aromatic N) is 3. The molecule has 160 valence electrons. The number of anilines is 1. The van der Waals surface area contributed by atoms with Gasteiger partial charge in [-0.3, -0.25) is 19.1 Å². The zero-order chi connectivity index (χ0) is 23.0. The van der Waals surface area contributed by atoms with Crippen LogP contribution in [0.3, 0.4) is 0 Å². The number of amides is 1. The standard InChI is InChI=1S/C22H16N4O5S/c1-12-16(20(29)26(24-12)14-7-3-2-4-8-14)11-17-18(27)23-22(32)25(19(17)28)15-9-5-6-13(10-15)21(30)31/h2-11,28H,1H3,(H,30,31)(H,23,27,32)/b16-11+. The van der Waals surface area contributed by atoms with Crippen molar-refractivity contribution in [2.24, 2.45) is 5.10 Å². The molecule has 9 nitrogen and oxygen atoms in total. The minimum Gasteiger partial charge on any atom is -0.494 e. The van der Waals surface area contributed by atoms with Crippen LogP contribution < -0.4 is 10.6 Å². The summed E-state index contributed by atoms with van der Waals surface area (Å²) in [6.45, 7) is 1.61. The molecule has 2 aromatic carbocycles. The molecular weight excluding hydrogens is 432 g/mol. The largest absolute Gasteiger partial charge is 0.494 e. The van der Waals surface area contributed by atoms with Gasteiger partial charge in [0.15, 0.2) is 4.77 Å². The van der Waals surface area contributed by atoms with E-state index in [1.54, 1.807) is 31.2 Å². The maximum absolute atomic E-state index is 12.9. The van der Waals surface area contributed by atoms with Gasteiger partial charge in [0.2, 0.25) is 5.88 Å². The van der Waals surface area contributed by atoms with Crippen molar-refractivity contribution in [2.75, 3.05) is 5.01 Å². The first kappa shape index (κ1) is 20.9. The SMILES string of the molecule is CC1=NN(c2ccccc2)C(=O)/C1=C/c1c(O)n(-c2cccc(C(=O)O)c2)c(=S)[nH]c1=O. The summed E-state index contributed by atoms with van der Waals surface area (Å²) >= 11 is 5.17. The van der Waals surface area contributed by atoms with E-state index in [0.29, 0.717) is 11.4 Å². The predicted octanol–water partition coefficient (Wildman–Crippen LogP) is 3.10. The number of aromatic amines is 1. The second-order valence-electron chi connectivity index (χ2n) is 6.88. The van der Waals surface area contributed by atoms with Crippen molar-refractivity contribution in [3.8, 4) is 11.6 Å². The van der Waals surface area contributed by atoms with Gasteiger partial charge in [-0.25, -0.2) is 4.79 Å². The molecule has 0 spiro atoms. The van der Waals surface area contributed by atoms with Crippen molar-refractivity contribution in [2.45, 2.75) is 6.92 Å². The number of aromatic hydroxyl groups is 1. The van der Waals surface area contributed by atoms with Crippen molar-refractivity contribution in [3.63, 3.8) is 0 Å². The minimum atomic E-state index is -1.16. The van der Waals surface area contributed by atoms with Crippen LogP contribution in [0.5, 0.6) is 5.88 Å². The van der Waals surface area contributed by atoms with E-state index in [9.17, 15) is 24.6 Å². The van der Waals surface area contributed by atoms with Gasteiger partial charge < -0.3 is 10.2 Å². The monoisotopic (exact) mass is 448 g/mol. The first-order valence-corrected chi connectivity index (χ1v) is 9.77. The number of hydrogen-bond donors (Lipinski definition) is 3. The Morgan fingerprint density at radius 1 is 1.09 bits per heavy atom. The molecule has 0 atom stereocenters. The molecule has 0 aliphatic carbocycles. The van der Waals surface area contributed by atoms with Gasteiger partial charge in [-0.05, 0) is 55.5 Å². The van der Waals surface area contributed by atoms with Crippen LogP contribution in [0.1, 0.15) is 22.8 Å². The number of hydrogen-bond acceptors (Lipinski definition) is 6. The molecule has 1 aromatic heterocycles. The molecule has 0 saturated heterocycles. The van der Waals surface area contributed by atoms with Gasteiger partial charge >= 0.3 is 5.97 Å². The molecule has 1 amide bonds. The number of carbonyl (C=O) groups excluding carboxylic acids is 1. The first-order valence-electron chi connectivity index (χ1n) is 9.36. The van der Waals surface area contributed by atoms with Crippen LogP contribution in [0.4, 0.5) is 5.69 Å². The Hall–Kier alpha value is -4.31. The van der Waals surface area contributed by atoms with Crippen LogP contribution in [0.2, 0.25) is 0 Å². The number of aromatic carboxylic acids is 1. The molecule has 0 fully saturated rings. The molecule has 4 rings (SSSR count). The lowest BCUT2D eigenvalue weighted by molar-refractivity contribution is -0.114. The van der Waals surface area contributed by atoms with Crippen molar-refractivity contribution >= 4 is 41.6 Å². The molecule has 3 aromatic rings.